The van der Waals surface area contributed by atoms with Gasteiger partial charge in [0.05, 0.1) is 16.9 Å². The van der Waals surface area contributed by atoms with Crippen molar-refractivity contribution in [3.05, 3.63) is 63.0 Å². The fourth-order valence-corrected chi connectivity index (χ4v) is 3.39. The number of thiazole rings is 1. The molecule has 0 unspecified atom stereocenters. The van der Waals surface area contributed by atoms with E-state index in [4.69, 9.17) is 4.42 Å². The third-order valence-corrected chi connectivity index (χ3v) is 4.66. The van der Waals surface area contributed by atoms with Gasteiger partial charge in [-0.3, -0.25) is 10.1 Å². The van der Waals surface area contributed by atoms with Crippen LogP contribution in [0.2, 0.25) is 0 Å². The van der Waals surface area contributed by atoms with Crippen LogP contribution in [0.5, 0.6) is 0 Å². The molecule has 2 aromatic heterocycles. The second kappa shape index (κ2) is 7.48. The van der Waals surface area contributed by atoms with Gasteiger partial charge in [0.15, 0.2) is 10.6 Å². The molecule has 6 nitrogen and oxygen atoms in total. The number of furan rings is 1. The molecule has 25 heavy (non-hydrogen) atoms. The van der Waals surface area contributed by atoms with E-state index >= 15 is 0 Å². The maximum atomic E-state index is 11.2. The van der Waals surface area contributed by atoms with E-state index in [0.717, 1.165) is 29.2 Å². The van der Waals surface area contributed by atoms with Crippen LogP contribution in [0.15, 0.2) is 57.5 Å². The van der Waals surface area contributed by atoms with Crippen molar-refractivity contribution in [2.75, 3.05) is 0 Å². The minimum atomic E-state index is -0.404. The van der Waals surface area contributed by atoms with Crippen molar-refractivity contribution < 1.29 is 9.34 Å². The van der Waals surface area contributed by atoms with Gasteiger partial charge in [0.2, 0.25) is 0 Å². The Kier molecular flexibility index (Phi) is 5.14. The average molecular weight is 357 g/mol. The van der Waals surface area contributed by atoms with Crippen molar-refractivity contribution in [1.29, 1.82) is 0 Å². The van der Waals surface area contributed by atoms with Gasteiger partial charge < -0.3 is 8.98 Å². The van der Waals surface area contributed by atoms with Crippen molar-refractivity contribution in [1.82, 2.24) is 4.57 Å². The number of rotatable bonds is 6. The first kappa shape index (κ1) is 17.2. The van der Waals surface area contributed by atoms with E-state index in [1.54, 1.807) is 24.5 Å². The SMILES string of the molecule is CC(C)CCn1c(-c2ccco2)csc1=Nc1ccccc1[N+](=O)[O-]. The van der Waals surface area contributed by atoms with Crippen LogP contribution in [0.4, 0.5) is 11.4 Å². The molecule has 0 saturated heterocycles. The van der Waals surface area contributed by atoms with E-state index in [2.05, 4.69) is 23.4 Å². The monoisotopic (exact) mass is 357 g/mol. The molecule has 1 aromatic carbocycles. The predicted octanol–water partition coefficient (Wildman–Crippen LogP) is 5.00. The number of benzene rings is 1. The van der Waals surface area contributed by atoms with E-state index in [0.29, 0.717) is 11.6 Å². The molecular weight excluding hydrogens is 338 g/mol. The van der Waals surface area contributed by atoms with E-state index in [-0.39, 0.29) is 5.69 Å². The minimum absolute atomic E-state index is 0.00542. The topological polar surface area (TPSA) is 73.6 Å². The summed E-state index contributed by atoms with van der Waals surface area (Å²) < 4.78 is 7.60. The molecule has 0 atom stereocenters. The van der Waals surface area contributed by atoms with Crippen LogP contribution in [0.1, 0.15) is 20.3 Å². The molecule has 130 valence electrons. The molecule has 0 bridgehead atoms. The average Bonchev–Trinajstić information content (AvgIpc) is 3.22. The Morgan fingerprint density at radius 3 is 2.76 bits per heavy atom. The van der Waals surface area contributed by atoms with Crippen molar-refractivity contribution in [2.24, 2.45) is 10.9 Å². The van der Waals surface area contributed by atoms with E-state index in [9.17, 15) is 10.1 Å². The molecule has 0 aliphatic heterocycles. The fourth-order valence-electron chi connectivity index (χ4n) is 2.46. The molecule has 0 aliphatic carbocycles. The molecule has 0 aliphatic rings. The molecule has 0 amide bonds. The van der Waals surface area contributed by atoms with E-state index in [1.165, 1.54) is 17.4 Å². The Morgan fingerprint density at radius 1 is 1.28 bits per heavy atom. The highest BCUT2D eigenvalue weighted by Crippen LogP contribution is 2.27. The van der Waals surface area contributed by atoms with Gasteiger partial charge in [-0.2, -0.15) is 0 Å². The Labute approximate surface area is 149 Å². The highest BCUT2D eigenvalue weighted by atomic mass is 32.1. The Balaban J connectivity index is 2.11. The predicted molar refractivity (Wildman–Crippen MR) is 97.8 cm³/mol. The summed E-state index contributed by atoms with van der Waals surface area (Å²) in [5, 5.41) is 13.2. The zero-order chi connectivity index (χ0) is 17.8. The summed E-state index contributed by atoms with van der Waals surface area (Å²) in [5.74, 6) is 1.31. The number of hydrogen-bond donors (Lipinski definition) is 0. The highest BCUT2D eigenvalue weighted by molar-refractivity contribution is 7.07. The Morgan fingerprint density at radius 2 is 2.08 bits per heavy atom. The summed E-state index contributed by atoms with van der Waals surface area (Å²) in [6.07, 6.45) is 2.62. The van der Waals surface area contributed by atoms with Gasteiger partial charge in [-0.1, -0.05) is 26.0 Å². The lowest BCUT2D eigenvalue weighted by atomic mass is 10.1. The minimum Gasteiger partial charge on any atom is -0.463 e. The lowest BCUT2D eigenvalue weighted by molar-refractivity contribution is -0.384. The second-order valence-electron chi connectivity index (χ2n) is 6.07. The van der Waals surface area contributed by atoms with E-state index < -0.39 is 4.92 Å². The summed E-state index contributed by atoms with van der Waals surface area (Å²) in [7, 11) is 0. The summed E-state index contributed by atoms with van der Waals surface area (Å²) in [4.78, 5) is 16.1. The molecule has 2 heterocycles. The van der Waals surface area contributed by atoms with Crippen LogP contribution in [-0.2, 0) is 6.54 Å². The number of para-hydroxylation sites is 2. The molecule has 7 heteroatoms. The summed E-state index contributed by atoms with van der Waals surface area (Å²) in [6.45, 7) is 5.10. The molecule has 3 aromatic rings. The van der Waals surface area contributed by atoms with Gasteiger partial charge in [-0.15, -0.1) is 11.3 Å². The van der Waals surface area contributed by atoms with Crippen LogP contribution in [0, 0.1) is 16.0 Å². The molecule has 0 N–H and O–H groups in total. The molecule has 0 fully saturated rings. The molecule has 0 radical (unpaired) electrons. The first-order chi connectivity index (χ1) is 12.1. The van der Waals surface area contributed by atoms with Gasteiger partial charge in [0, 0.05) is 18.0 Å². The number of hydrogen-bond acceptors (Lipinski definition) is 5. The van der Waals surface area contributed by atoms with Crippen molar-refractivity contribution in [3.63, 3.8) is 0 Å². The molecular formula is C18H19N3O3S. The second-order valence-corrected chi connectivity index (χ2v) is 6.91. The maximum absolute atomic E-state index is 11.2. The largest absolute Gasteiger partial charge is 0.463 e. The first-order valence-corrected chi connectivity index (χ1v) is 8.94. The molecule has 0 spiro atoms. The third kappa shape index (κ3) is 3.88. The van der Waals surface area contributed by atoms with Gasteiger partial charge in [0.25, 0.3) is 5.69 Å². The lowest BCUT2D eigenvalue weighted by Gasteiger charge is -2.09. The number of aromatic nitrogens is 1. The number of nitrogens with zero attached hydrogens (tertiary/aromatic N) is 3. The third-order valence-electron chi connectivity index (χ3n) is 3.80. The fraction of sp³-hybridized carbons (Fsp3) is 0.278. The van der Waals surface area contributed by atoms with Crippen LogP contribution in [0.3, 0.4) is 0 Å². The lowest BCUT2D eigenvalue weighted by Crippen LogP contribution is -2.17. The first-order valence-electron chi connectivity index (χ1n) is 8.06. The Bertz CT molecular complexity index is 923. The van der Waals surface area contributed by atoms with Gasteiger partial charge in [-0.25, -0.2) is 4.99 Å². The van der Waals surface area contributed by atoms with Gasteiger partial charge in [0.1, 0.15) is 5.69 Å². The van der Waals surface area contributed by atoms with Crippen LogP contribution < -0.4 is 4.80 Å². The highest BCUT2D eigenvalue weighted by Gasteiger charge is 2.14. The smallest absolute Gasteiger partial charge is 0.294 e. The van der Waals surface area contributed by atoms with Gasteiger partial charge >= 0.3 is 0 Å². The normalized spacial score (nSPS) is 12.0. The number of nitro groups is 1. The zero-order valence-electron chi connectivity index (χ0n) is 14.1. The van der Waals surface area contributed by atoms with Crippen molar-refractivity contribution in [2.45, 2.75) is 26.8 Å². The summed E-state index contributed by atoms with van der Waals surface area (Å²) in [6, 6.07) is 10.3. The van der Waals surface area contributed by atoms with Gasteiger partial charge in [-0.05, 0) is 30.5 Å². The number of nitro benzene ring substituents is 1. The zero-order valence-corrected chi connectivity index (χ0v) is 14.9. The van der Waals surface area contributed by atoms with Crippen molar-refractivity contribution >= 4 is 22.7 Å². The van der Waals surface area contributed by atoms with Crippen LogP contribution in [-0.4, -0.2) is 9.49 Å². The van der Waals surface area contributed by atoms with Crippen LogP contribution >= 0.6 is 11.3 Å². The quantitative estimate of drug-likeness (QED) is 0.460. The maximum Gasteiger partial charge on any atom is 0.294 e. The van der Waals surface area contributed by atoms with Crippen molar-refractivity contribution in [3.8, 4) is 11.5 Å². The van der Waals surface area contributed by atoms with Crippen LogP contribution in [0.25, 0.3) is 11.5 Å². The standard InChI is InChI=1S/C18H19N3O3S/c1-13(2)9-10-20-16(17-8-5-11-24-17)12-25-18(20)19-14-6-3-4-7-15(14)21(22)23/h3-8,11-13H,9-10H2,1-2H3. The summed E-state index contributed by atoms with van der Waals surface area (Å²) in [5.41, 5.74) is 1.30. The summed E-state index contributed by atoms with van der Waals surface area (Å²) >= 11 is 1.46. The Hall–Kier alpha value is -2.67. The molecule has 3 rings (SSSR count). The van der Waals surface area contributed by atoms with E-state index in [1.807, 2.05) is 17.5 Å². The molecule has 0 saturated carbocycles.